The summed E-state index contributed by atoms with van der Waals surface area (Å²) in [6.07, 6.45) is -4.33. The second-order valence-electron chi connectivity index (χ2n) is 5.03. The maximum atomic E-state index is 12.2. The van der Waals surface area contributed by atoms with Crippen LogP contribution >= 0.6 is 0 Å². The van der Waals surface area contributed by atoms with E-state index in [4.69, 9.17) is 20.4 Å². The van der Waals surface area contributed by atoms with Gasteiger partial charge in [0.1, 0.15) is 6.29 Å². The average molecular weight is 420 g/mol. The SMILES string of the molecule is CC=O.Cc1ccccc1S(=O)(=O)Nc1ccc(N)cc1.O=C(O)C(F)(F)F. The van der Waals surface area contributed by atoms with Crippen molar-refractivity contribution in [1.29, 1.82) is 0 Å². The van der Waals surface area contributed by atoms with Gasteiger partial charge in [-0.1, -0.05) is 18.2 Å². The van der Waals surface area contributed by atoms with Crippen LogP contribution in [0.3, 0.4) is 0 Å². The number of rotatable bonds is 3. The highest BCUT2D eigenvalue weighted by Gasteiger charge is 2.38. The smallest absolute Gasteiger partial charge is 0.475 e. The van der Waals surface area contributed by atoms with Crippen LogP contribution in [0.1, 0.15) is 12.5 Å². The molecule has 0 aromatic heterocycles. The van der Waals surface area contributed by atoms with Gasteiger partial charge in [0.25, 0.3) is 10.0 Å². The molecule has 0 heterocycles. The summed E-state index contributed by atoms with van der Waals surface area (Å²) in [7, 11) is -3.55. The first-order valence-electron chi connectivity index (χ1n) is 7.49. The van der Waals surface area contributed by atoms with E-state index in [1.807, 2.05) is 0 Å². The van der Waals surface area contributed by atoms with Gasteiger partial charge in [-0.15, -0.1) is 0 Å². The standard InChI is InChI=1S/C13H14N2O2S.C2HF3O2.C2H4O/c1-10-4-2-3-5-13(10)18(16,17)15-12-8-6-11(14)7-9-12;3-2(4,5)1(6)7;1-2-3/h2-9,15H,14H2,1H3;(H,6,7);2H,1H3. The van der Waals surface area contributed by atoms with Crippen LogP contribution in [0, 0.1) is 6.92 Å². The van der Waals surface area contributed by atoms with Gasteiger partial charge in [-0.3, -0.25) is 4.72 Å². The first-order valence-corrected chi connectivity index (χ1v) is 8.97. The average Bonchev–Trinajstić information content (AvgIpc) is 2.57. The number of halogens is 3. The maximum absolute atomic E-state index is 12.2. The van der Waals surface area contributed by atoms with Gasteiger partial charge in [-0.2, -0.15) is 13.2 Å². The third-order valence-electron chi connectivity index (χ3n) is 2.79. The largest absolute Gasteiger partial charge is 0.490 e. The molecule has 0 bridgehead atoms. The van der Waals surface area contributed by atoms with E-state index in [9.17, 15) is 21.6 Å². The van der Waals surface area contributed by atoms with Crippen molar-refractivity contribution >= 4 is 33.7 Å². The lowest BCUT2D eigenvalue weighted by Gasteiger charge is -2.10. The number of nitrogens with one attached hydrogen (secondary N) is 1. The van der Waals surface area contributed by atoms with Crippen LogP contribution in [0.5, 0.6) is 0 Å². The molecule has 0 radical (unpaired) electrons. The van der Waals surface area contributed by atoms with E-state index in [2.05, 4.69) is 4.72 Å². The van der Waals surface area contributed by atoms with Gasteiger partial charge in [0.15, 0.2) is 0 Å². The molecule has 0 aliphatic heterocycles. The molecule has 2 aromatic carbocycles. The molecule has 7 nitrogen and oxygen atoms in total. The van der Waals surface area contributed by atoms with Crippen LogP contribution in [-0.4, -0.2) is 32.0 Å². The number of aldehydes is 1. The summed E-state index contributed by atoms with van der Waals surface area (Å²) in [6, 6.07) is 13.4. The van der Waals surface area contributed by atoms with Crippen LogP contribution in [0.25, 0.3) is 0 Å². The van der Waals surface area contributed by atoms with Crippen molar-refractivity contribution < 1.29 is 36.3 Å². The van der Waals surface area contributed by atoms with Crippen molar-refractivity contribution in [2.24, 2.45) is 0 Å². The summed E-state index contributed by atoms with van der Waals surface area (Å²) in [5, 5.41) is 7.12. The number of carbonyl (C=O) groups is 2. The molecule has 28 heavy (non-hydrogen) atoms. The molecule has 0 spiro atoms. The summed E-state index contributed by atoms with van der Waals surface area (Å²) >= 11 is 0. The molecule has 0 aliphatic rings. The molecule has 0 saturated carbocycles. The second kappa shape index (κ2) is 10.9. The van der Waals surface area contributed by atoms with E-state index in [1.54, 1.807) is 55.5 Å². The van der Waals surface area contributed by atoms with Crippen molar-refractivity contribution in [2.45, 2.75) is 24.9 Å². The first kappa shape index (κ1) is 24.9. The quantitative estimate of drug-likeness (QED) is 0.517. The molecular weight excluding hydrogens is 401 g/mol. The van der Waals surface area contributed by atoms with Crippen LogP contribution < -0.4 is 10.5 Å². The number of anilines is 2. The minimum Gasteiger partial charge on any atom is -0.475 e. The van der Waals surface area contributed by atoms with Crippen molar-refractivity contribution in [3.63, 3.8) is 0 Å². The second-order valence-corrected chi connectivity index (χ2v) is 6.68. The predicted octanol–water partition coefficient (Wildman–Crippen LogP) is 3.22. The molecule has 11 heteroatoms. The van der Waals surface area contributed by atoms with Gasteiger partial charge >= 0.3 is 12.1 Å². The molecule has 0 amide bonds. The Morgan fingerprint density at radius 3 is 1.93 bits per heavy atom. The van der Waals surface area contributed by atoms with Crippen molar-refractivity contribution in [3.05, 3.63) is 54.1 Å². The van der Waals surface area contributed by atoms with Gasteiger partial charge in [-0.05, 0) is 49.7 Å². The van der Waals surface area contributed by atoms with Crippen molar-refractivity contribution in [1.82, 2.24) is 0 Å². The molecule has 2 aromatic rings. The van der Waals surface area contributed by atoms with E-state index in [0.29, 0.717) is 16.9 Å². The summed E-state index contributed by atoms with van der Waals surface area (Å²) in [5.74, 6) is -2.76. The number of carbonyl (C=O) groups excluding carboxylic acids is 1. The third kappa shape index (κ3) is 9.03. The maximum Gasteiger partial charge on any atom is 0.490 e. The fourth-order valence-corrected chi connectivity index (χ4v) is 2.93. The van der Waals surface area contributed by atoms with Crippen LogP contribution in [-0.2, 0) is 19.6 Å². The fourth-order valence-electron chi connectivity index (χ4n) is 1.62. The van der Waals surface area contributed by atoms with E-state index >= 15 is 0 Å². The fraction of sp³-hybridized carbons (Fsp3) is 0.176. The minimum atomic E-state index is -5.08. The number of nitrogens with two attached hydrogens (primary N) is 1. The van der Waals surface area contributed by atoms with Crippen molar-refractivity contribution in [2.75, 3.05) is 10.5 Å². The Bertz CT molecular complexity index is 882. The van der Waals surface area contributed by atoms with E-state index in [1.165, 1.54) is 6.92 Å². The molecule has 4 N–H and O–H groups in total. The van der Waals surface area contributed by atoms with Crippen LogP contribution in [0.15, 0.2) is 53.4 Å². The zero-order valence-electron chi connectivity index (χ0n) is 14.9. The van der Waals surface area contributed by atoms with E-state index in [-0.39, 0.29) is 4.90 Å². The topological polar surface area (TPSA) is 127 Å². The Balaban J connectivity index is 0.000000612. The number of aryl methyl sites for hydroxylation is 1. The van der Waals surface area contributed by atoms with Crippen LogP contribution in [0.4, 0.5) is 24.5 Å². The molecule has 2 rings (SSSR count). The Hall–Kier alpha value is -3.08. The number of hydrogen-bond acceptors (Lipinski definition) is 5. The van der Waals surface area contributed by atoms with Gasteiger partial charge < -0.3 is 15.6 Å². The lowest BCUT2D eigenvalue weighted by atomic mass is 10.2. The highest BCUT2D eigenvalue weighted by Crippen LogP contribution is 2.19. The molecule has 0 aliphatic carbocycles. The number of nitrogen functional groups attached to an aromatic ring is 1. The normalized spacial score (nSPS) is 10.5. The van der Waals surface area contributed by atoms with Gasteiger partial charge in [0, 0.05) is 11.4 Å². The highest BCUT2D eigenvalue weighted by molar-refractivity contribution is 7.92. The Morgan fingerprint density at radius 2 is 1.54 bits per heavy atom. The summed E-state index contributed by atoms with van der Waals surface area (Å²) in [4.78, 5) is 18.0. The first-order chi connectivity index (χ1) is 12.8. The Kier molecular flexibility index (Phi) is 9.72. The van der Waals surface area contributed by atoms with Crippen molar-refractivity contribution in [3.8, 4) is 0 Å². The molecule has 154 valence electrons. The lowest BCUT2D eigenvalue weighted by Crippen LogP contribution is -2.21. The van der Waals surface area contributed by atoms with E-state index in [0.717, 1.165) is 6.29 Å². The molecular formula is C17H19F3N2O5S. The number of benzene rings is 2. The number of carboxylic acid groups (broad SMARTS) is 1. The van der Waals surface area contributed by atoms with Gasteiger partial charge in [0.2, 0.25) is 0 Å². The number of carboxylic acids is 1. The Labute approximate surface area is 160 Å². The predicted molar refractivity (Wildman–Crippen MR) is 98.3 cm³/mol. The monoisotopic (exact) mass is 420 g/mol. The van der Waals surface area contributed by atoms with E-state index < -0.39 is 22.2 Å². The summed E-state index contributed by atoms with van der Waals surface area (Å²) < 4.78 is 58.6. The van der Waals surface area contributed by atoms with Crippen LogP contribution in [0.2, 0.25) is 0 Å². The summed E-state index contributed by atoms with van der Waals surface area (Å²) in [5.41, 5.74) is 7.34. The zero-order valence-corrected chi connectivity index (χ0v) is 15.7. The molecule has 0 fully saturated rings. The molecule has 0 unspecified atom stereocenters. The Morgan fingerprint density at radius 1 is 1.11 bits per heavy atom. The van der Waals surface area contributed by atoms with Gasteiger partial charge in [0.05, 0.1) is 4.90 Å². The number of sulfonamides is 1. The third-order valence-corrected chi connectivity index (χ3v) is 4.33. The lowest BCUT2D eigenvalue weighted by molar-refractivity contribution is -0.192. The zero-order chi connectivity index (χ0) is 22.0. The highest BCUT2D eigenvalue weighted by atomic mass is 32.2. The summed E-state index contributed by atoms with van der Waals surface area (Å²) in [6.45, 7) is 3.21. The number of alkyl halides is 3. The van der Waals surface area contributed by atoms with Gasteiger partial charge in [-0.25, -0.2) is 13.2 Å². The number of aliphatic carboxylic acids is 1. The number of hydrogen-bond donors (Lipinski definition) is 3. The molecule has 0 atom stereocenters. The molecule has 0 saturated heterocycles. The minimum absolute atomic E-state index is 0.279.